The standard InChI is InChI=1S/C15H18N4O2S2/c20-19(21)13-9-5-4-6-11(13)10-22-15-18-17-14(23-15)16-12-7-2-1-3-8-12/h4-6,9,12H,1-3,7-8,10H2,(H,16,17). The van der Waals surface area contributed by atoms with E-state index in [1.807, 2.05) is 6.07 Å². The van der Waals surface area contributed by atoms with E-state index in [0.29, 0.717) is 17.4 Å². The third-order valence-electron chi connectivity index (χ3n) is 3.88. The van der Waals surface area contributed by atoms with Gasteiger partial charge in [-0.25, -0.2) is 0 Å². The number of nitrogens with zero attached hydrogens (tertiary/aromatic N) is 3. The second kappa shape index (κ2) is 7.74. The van der Waals surface area contributed by atoms with Gasteiger partial charge in [-0.3, -0.25) is 10.1 Å². The fraction of sp³-hybridized carbons (Fsp3) is 0.467. The van der Waals surface area contributed by atoms with Crippen molar-refractivity contribution in [3.63, 3.8) is 0 Å². The zero-order chi connectivity index (χ0) is 16.1. The number of rotatable bonds is 6. The number of hydrogen-bond acceptors (Lipinski definition) is 7. The minimum absolute atomic E-state index is 0.157. The molecule has 1 heterocycles. The molecule has 0 unspecified atom stereocenters. The number of nitrogens with one attached hydrogen (secondary N) is 1. The Hall–Kier alpha value is -1.67. The summed E-state index contributed by atoms with van der Waals surface area (Å²) in [6.07, 6.45) is 6.26. The van der Waals surface area contributed by atoms with E-state index in [1.165, 1.54) is 61.3 Å². The number of anilines is 1. The predicted octanol–water partition coefficient (Wildman–Crippen LogP) is 4.48. The molecule has 1 saturated carbocycles. The monoisotopic (exact) mass is 350 g/mol. The molecule has 0 radical (unpaired) electrons. The first-order chi connectivity index (χ1) is 11.2. The third-order valence-corrected chi connectivity index (χ3v) is 5.92. The minimum Gasteiger partial charge on any atom is -0.357 e. The van der Waals surface area contributed by atoms with Gasteiger partial charge in [-0.1, -0.05) is 60.6 Å². The van der Waals surface area contributed by atoms with Crippen LogP contribution in [0.15, 0.2) is 28.6 Å². The average Bonchev–Trinajstić information content (AvgIpc) is 3.01. The highest BCUT2D eigenvalue weighted by Crippen LogP contribution is 2.32. The summed E-state index contributed by atoms with van der Waals surface area (Å²) in [5.74, 6) is 0.523. The van der Waals surface area contributed by atoms with E-state index in [9.17, 15) is 10.1 Å². The van der Waals surface area contributed by atoms with Gasteiger partial charge in [-0.2, -0.15) is 0 Å². The van der Waals surface area contributed by atoms with Crippen LogP contribution in [0.25, 0.3) is 0 Å². The average molecular weight is 350 g/mol. The first-order valence-corrected chi connectivity index (χ1v) is 9.48. The van der Waals surface area contributed by atoms with E-state index < -0.39 is 0 Å². The second-order valence-corrected chi connectivity index (χ2v) is 7.73. The van der Waals surface area contributed by atoms with Crippen LogP contribution in [0.4, 0.5) is 10.8 Å². The van der Waals surface area contributed by atoms with Crippen LogP contribution in [0.3, 0.4) is 0 Å². The van der Waals surface area contributed by atoms with E-state index in [0.717, 1.165) is 9.47 Å². The van der Waals surface area contributed by atoms with Crippen molar-refractivity contribution in [1.29, 1.82) is 0 Å². The fourth-order valence-corrected chi connectivity index (χ4v) is 4.52. The first kappa shape index (κ1) is 16.2. The van der Waals surface area contributed by atoms with Gasteiger partial charge in [0.1, 0.15) is 0 Å². The van der Waals surface area contributed by atoms with Gasteiger partial charge >= 0.3 is 0 Å². The van der Waals surface area contributed by atoms with Crippen molar-refractivity contribution in [1.82, 2.24) is 10.2 Å². The largest absolute Gasteiger partial charge is 0.357 e. The van der Waals surface area contributed by atoms with Crippen molar-refractivity contribution in [3.05, 3.63) is 39.9 Å². The fourth-order valence-electron chi connectivity index (χ4n) is 2.70. The number of aromatic nitrogens is 2. The first-order valence-electron chi connectivity index (χ1n) is 7.67. The van der Waals surface area contributed by atoms with Crippen molar-refractivity contribution >= 4 is 33.9 Å². The topological polar surface area (TPSA) is 81.0 Å². The maximum Gasteiger partial charge on any atom is 0.273 e. The van der Waals surface area contributed by atoms with Gasteiger partial charge in [0, 0.05) is 23.4 Å². The highest BCUT2D eigenvalue weighted by molar-refractivity contribution is 8.00. The molecule has 0 saturated heterocycles. The van der Waals surface area contributed by atoms with Crippen LogP contribution in [0, 0.1) is 10.1 Å². The summed E-state index contributed by atoms with van der Waals surface area (Å²) in [4.78, 5) is 10.7. The van der Waals surface area contributed by atoms with Gasteiger partial charge in [0.25, 0.3) is 5.69 Å². The summed E-state index contributed by atoms with van der Waals surface area (Å²) in [6, 6.07) is 7.33. The Morgan fingerprint density at radius 3 is 2.83 bits per heavy atom. The molecule has 1 aliphatic carbocycles. The molecule has 23 heavy (non-hydrogen) atoms. The molecule has 8 heteroatoms. The number of thioether (sulfide) groups is 1. The van der Waals surface area contributed by atoms with E-state index in [-0.39, 0.29) is 10.6 Å². The third kappa shape index (κ3) is 4.42. The van der Waals surface area contributed by atoms with Gasteiger partial charge in [0.05, 0.1) is 4.92 Å². The van der Waals surface area contributed by atoms with Crippen molar-refractivity contribution < 1.29 is 4.92 Å². The highest BCUT2D eigenvalue weighted by Gasteiger charge is 2.16. The van der Waals surface area contributed by atoms with Crippen LogP contribution >= 0.6 is 23.1 Å². The zero-order valence-corrected chi connectivity index (χ0v) is 14.2. The number of hydrogen-bond donors (Lipinski definition) is 1. The lowest BCUT2D eigenvalue weighted by molar-refractivity contribution is -0.385. The van der Waals surface area contributed by atoms with Gasteiger partial charge in [0.15, 0.2) is 4.34 Å². The Morgan fingerprint density at radius 2 is 2.04 bits per heavy atom. The van der Waals surface area contributed by atoms with Crippen LogP contribution in [0.1, 0.15) is 37.7 Å². The summed E-state index contributed by atoms with van der Waals surface area (Å²) in [5, 5.41) is 23.7. The van der Waals surface area contributed by atoms with Crippen molar-refractivity contribution in [2.45, 2.75) is 48.2 Å². The molecular formula is C15H18N4O2S2. The number of nitro benzene ring substituents is 1. The normalized spacial score (nSPS) is 15.5. The summed E-state index contributed by atoms with van der Waals surface area (Å²) in [6.45, 7) is 0. The van der Waals surface area contributed by atoms with Crippen molar-refractivity contribution in [2.24, 2.45) is 0 Å². The number of benzene rings is 1. The molecular weight excluding hydrogens is 332 g/mol. The smallest absolute Gasteiger partial charge is 0.273 e. The SMILES string of the molecule is O=[N+]([O-])c1ccccc1CSc1nnc(NC2CCCCC2)s1. The molecule has 1 N–H and O–H groups in total. The van der Waals surface area contributed by atoms with Crippen LogP contribution < -0.4 is 5.32 Å². The van der Waals surface area contributed by atoms with Crippen LogP contribution in [-0.4, -0.2) is 21.2 Å². The lowest BCUT2D eigenvalue weighted by Crippen LogP contribution is -2.21. The molecule has 0 aliphatic heterocycles. The zero-order valence-electron chi connectivity index (χ0n) is 12.6. The second-order valence-electron chi connectivity index (χ2n) is 5.53. The minimum atomic E-state index is -0.341. The summed E-state index contributed by atoms with van der Waals surface area (Å²) in [7, 11) is 0. The van der Waals surface area contributed by atoms with E-state index in [2.05, 4.69) is 15.5 Å². The lowest BCUT2D eigenvalue weighted by Gasteiger charge is -2.21. The summed E-state index contributed by atoms with van der Waals surface area (Å²) in [5.41, 5.74) is 0.865. The number of para-hydroxylation sites is 1. The van der Waals surface area contributed by atoms with Crippen LogP contribution in [-0.2, 0) is 5.75 Å². The Morgan fingerprint density at radius 1 is 1.26 bits per heavy atom. The maximum atomic E-state index is 11.0. The van der Waals surface area contributed by atoms with Gasteiger partial charge in [0.2, 0.25) is 5.13 Å². The van der Waals surface area contributed by atoms with Crippen LogP contribution in [0.5, 0.6) is 0 Å². The van der Waals surface area contributed by atoms with E-state index >= 15 is 0 Å². The van der Waals surface area contributed by atoms with Crippen LogP contribution in [0.2, 0.25) is 0 Å². The quantitative estimate of drug-likeness (QED) is 0.470. The molecule has 0 bridgehead atoms. The van der Waals surface area contributed by atoms with E-state index in [1.54, 1.807) is 12.1 Å². The molecule has 0 spiro atoms. The molecule has 1 aromatic carbocycles. The summed E-state index contributed by atoms with van der Waals surface area (Å²) >= 11 is 3.01. The van der Waals surface area contributed by atoms with E-state index in [4.69, 9.17) is 0 Å². The Labute approximate surface area is 142 Å². The Kier molecular flexibility index (Phi) is 5.45. The molecule has 0 amide bonds. The number of nitro groups is 1. The Bertz CT molecular complexity index is 671. The molecule has 1 fully saturated rings. The highest BCUT2D eigenvalue weighted by atomic mass is 32.2. The molecule has 3 rings (SSSR count). The molecule has 1 aromatic heterocycles. The molecule has 0 atom stereocenters. The maximum absolute atomic E-state index is 11.0. The van der Waals surface area contributed by atoms with Crippen molar-refractivity contribution in [3.8, 4) is 0 Å². The predicted molar refractivity (Wildman–Crippen MR) is 93.1 cm³/mol. The lowest BCUT2D eigenvalue weighted by atomic mass is 9.96. The van der Waals surface area contributed by atoms with Gasteiger partial charge < -0.3 is 5.32 Å². The van der Waals surface area contributed by atoms with Crippen molar-refractivity contribution in [2.75, 3.05) is 5.32 Å². The van der Waals surface area contributed by atoms with Gasteiger partial charge in [-0.15, -0.1) is 10.2 Å². The van der Waals surface area contributed by atoms with Gasteiger partial charge in [-0.05, 0) is 12.8 Å². The molecule has 2 aromatic rings. The molecule has 122 valence electrons. The molecule has 1 aliphatic rings. The molecule has 6 nitrogen and oxygen atoms in total. The Balaban J connectivity index is 1.58. The summed E-state index contributed by atoms with van der Waals surface area (Å²) < 4.78 is 0.835.